The number of piperidine rings is 1. The zero-order chi connectivity index (χ0) is 11.0. The van der Waals surface area contributed by atoms with Crippen LogP contribution in [0.4, 0.5) is 0 Å². The Balaban J connectivity index is 0.00000108. The zero-order valence-electron chi connectivity index (χ0n) is 10.6. The van der Waals surface area contributed by atoms with E-state index in [0.29, 0.717) is 6.04 Å². The smallest absolute Gasteiger partial charge is 0.0354 e. The largest absolute Gasteiger partial charge is 0.293 e. The Labute approximate surface area is 111 Å². The van der Waals surface area contributed by atoms with E-state index in [1.54, 1.807) is 5.56 Å². The SMILES string of the molecule is Cc1ccccc1[C@H]1CC[C@H]2CCCCN21.Cl. The minimum absolute atomic E-state index is 0. The molecule has 0 N–H and O–H groups in total. The van der Waals surface area contributed by atoms with Gasteiger partial charge in [0.05, 0.1) is 0 Å². The zero-order valence-corrected chi connectivity index (χ0v) is 11.4. The molecule has 0 aromatic heterocycles. The Morgan fingerprint density at radius 1 is 1.06 bits per heavy atom. The van der Waals surface area contributed by atoms with Crippen molar-refractivity contribution in [1.82, 2.24) is 4.90 Å². The first-order chi connectivity index (χ1) is 7.86. The molecular formula is C15H22ClN. The molecule has 0 radical (unpaired) electrons. The van der Waals surface area contributed by atoms with E-state index < -0.39 is 0 Å². The van der Waals surface area contributed by atoms with Crippen LogP contribution in [0.5, 0.6) is 0 Å². The van der Waals surface area contributed by atoms with Crippen LogP contribution >= 0.6 is 12.4 Å². The van der Waals surface area contributed by atoms with Gasteiger partial charge < -0.3 is 0 Å². The molecule has 0 aliphatic carbocycles. The topological polar surface area (TPSA) is 3.24 Å². The van der Waals surface area contributed by atoms with E-state index in [1.807, 2.05) is 0 Å². The summed E-state index contributed by atoms with van der Waals surface area (Å²) in [6.07, 6.45) is 7.07. The standard InChI is InChI=1S/C15H21N.ClH/c1-12-6-2-3-8-14(12)15-10-9-13-7-4-5-11-16(13)15;/h2-3,6,8,13,15H,4-5,7,9-11H2,1H3;1H/t13-,15-;/m1./s1. The summed E-state index contributed by atoms with van der Waals surface area (Å²) in [5.41, 5.74) is 3.05. The number of nitrogens with zero attached hydrogens (tertiary/aromatic N) is 1. The van der Waals surface area contributed by atoms with Gasteiger partial charge in [-0.2, -0.15) is 0 Å². The van der Waals surface area contributed by atoms with Gasteiger partial charge in [-0.1, -0.05) is 30.7 Å². The molecule has 0 spiro atoms. The minimum atomic E-state index is 0. The molecule has 2 heterocycles. The third-order valence-electron chi connectivity index (χ3n) is 4.39. The quantitative estimate of drug-likeness (QED) is 0.726. The van der Waals surface area contributed by atoms with Gasteiger partial charge in [-0.15, -0.1) is 12.4 Å². The van der Waals surface area contributed by atoms with Crippen molar-refractivity contribution in [2.45, 2.75) is 51.1 Å². The second-order valence-electron chi connectivity index (χ2n) is 5.34. The van der Waals surface area contributed by atoms with Gasteiger partial charge >= 0.3 is 0 Å². The molecule has 2 saturated heterocycles. The van der Waals surface area contributed by atoms with Crippen molar-refractivity contribution in [3.8, 4) is 0 Å². The average Bonchev–Trinajstić information content (AvgIpc) is 2.74. The predicted octanol–water partition coefficient (Wildman–Crippen LogP) is 4.11. The van der Waals surface area contributed by atoms with Crippen LogP contribution in [-0.2, 0) is 0 Å². The van der Waals surface area contributed by atoms with Crippen molar-refractivity contribution >= 4 is 12.4 Å². The van der Waals surface area contributed by atoms with Gasteiger partial charge in [-0.3, -0.25) is 4.90 Å². The summed E-state index contributed by atoms with van der Waals surface area (Å²) < 4.78 is 0. The van der Waals surface area contributed by atoms with Crippen LogP contribution in [0.1, 0.15) is 49.3 Å². The number of fused-ring (bicyclic) bond motifs is 1. The van der Waals surface area contributed by atoms with E-state index in [2.05, 4.69) is 36.1 Å². The number of hydrogen-bond donors (Lipinski definition) is 0. The predicted molar refractivity (Wildman–Crippen MR) is 74.7 cm³/mol. The molecule has 0 amide bonds. The van der Waals surface area contributed by atoms with Crippen molar-refractivity contribution in [2.24, 2.45) is 0 Å². The average molecular weight is 252 g/mol. The Kier molecular flexibility index (Phi) is 4.11. The monoisotopic (exact) mass is 251 g/mol. The maximum absolute atomic E-state index is 2.77. The molecule has 2 aliphatic heterocycles. The van der Waals surface area contributed by atoms with Gasteiger partial charge in [0.25, 0.3) is 0 Å². The summed E-state index contributed by atoms with van der Waals surface area (Å²) in [5.74, 6) is 0. The summed E-state index contributed by atoms with van der Waals surface area (Å²) in [4.78, 5) is 2.77. The number of benzene rings is 1. The van der Waals surface area contributed by atoms with Crippen molar-refractivity contribution in [1.29, 1.82) is 0 Å². The fourth-order valence-corrected chi connectivity index (χ4v) is 3.55. The first-order valence-corrected chi connectivity index (χ1v) is 6.67. The molecule has 2 atom stereocenters. The molecule has 0 unspecified atom stereocenters. The van der Waals surface area contributed by atoms with Crippen LogP contribution in [0, 0.1) is 6.92 Å². The number of halogens is 1. The molecule has 0 saturated carbocycles. The number of hydrogen-bond acceptors (Lipinski definition) is 1. The van der Waals surface area contributed by atoms with Gasteiger partial charge in [-0.25, -0.2) is 0 Å². The van der Waals surface area contributed by atoms with E-state index in [1.165, 1.54) is 44.2 Å². The summed E-state index contributed by atoms with van der Waals surface area (Å²) in [5, 5.41) is 0. The molecule has 2 fully saturated rings. The Morgan fingerprint density at radius 2 is 1.88 bits per heavy atom. The Bertz CT molecular complexity index is 377. The lowest BCUT2D eigenvalue weighted by Gasteiger charge is -2.34. The van der Waals surface area contributed by atoms with Crippen LogP contribution in [0.3, 0.4) is 0 Å². The molecule has 3 rings (SSSR count). The van der Waals surface area contributed by atoms with Crippen LogP contribution in [0.25, 0.3) is 0 Å². The summed E-state index contributed by atoms with van der Waals surface area (Å²) >= 11 is 0. The normalized spacial score (nSPS) is 28.5. The third kappa shape index (κ3) is 2.36. The van der Waals surface area contributed by atoms with Crippen LogP contribution in [0.15, 0.2) is 24.3 Å². The first kappa shape index (κ1) is 12.9. The van der Waals surface area contributed by atoms with E-state index in [9.17, 15) is 0 Å². The van der Waals surface area contributed by atoms with Crippen LogP contribution in [0.2, 0.25) is 0 Å². The van der Waals surface area contributed by atoms with Gasteiger partial charge in [0.2, 0.25) is 0 Å². The van der Waals surface area contributed by atoms with Gasteiger partial charge in [0, 0.05) is 12.1 Å². The van der Waals surface area contributed by atoms with Gasteiger partial charge in [0.15, 0.2) is 0 Å². The van der Waals surface area contributed by atoms with Crippen molar-refractivity contribution < 1.29 is 0 Å². The molecule has 1 nitrogen and oxygen atoms in total. The van der Waals surface area contributed by atoms with E-state index in [-0.39, 0.29) is 12.4 Å². The first-order valence-electron chi connectivity index (χ1n) is 6.67. The van der Waals surface area contributed by atoms with Crippen molar-refractivity contribution in [3.05, 3.63) is 35.4 Å². The molecule has 2 aliphatic rings. The van der Waals surface area contributed by atoms with E-state index in [0.717, 1.165) is 6.04 Å². The van der Waals surface area contributed by atoms with Gasteiger partial charge in [-0.05, 0) is 50.3 Å². The highest BCUT2D eigenvalue weighted by molar-refractivity contribution is 5.85. The second kappa shape index (κ2) is 5.41. The maximum atomic E-state index is 2.77. The lowest BCUT2D eigenvalue weighted by atomic mass is 9.99. The van der Waals surface area contributed by atoms with Crippen LogP contribution in [-0.4, -0.2) is 17.5 Å². The minimum Gasteiger partial charge on any atom is -0.293 e. The van der Waals surface area contributed by atoms with Gasteiger partial charge in [0.1, 0.15) is 0 Å². The summed E-state index contributed by atoms with van der Waals surface area (Å²) in [7, 11) is 0. The molecule has 1 aromatic rings. The molecule has 94 valence electrons. The molecule has 0 bridgehead atoms. The number of rotatable bonds is 1. The summed E-state index contributed by atoms with van der Waals surface area (Å²) in [6.45, 7) is 3.58. The lowest BCUT2D eigenvalue weighted by Crippen LogP contribution is -2.36. The highest BCUT2D eigenvalue weighted by Crippen LogP contribution is 2.40. The van der Waals surface area contributed by atoms with Crippen molar-refractivity contribution in [3.63, 3.8) is 0 Å². The van der Waals surface area contributed by atoms with Crippen LogP contribution < -0.4 is 0 Å². The molecule has 2 heteroatoms. The van der Waals surface area contributed by atoms with E-state index in [4.69, 9.17) is 0 Å². The van der Waals surface area contributed by atoms with Crippen molar-refractivity contribution in [2.75, 3.05) is 6.54 Å². The molecule has 1 aromatic carbocycles. The molecular weight excluding hydrogens is 230 g/mol. The maximum Gasteiger partial charge on any atom is 0.0354 e. The highest BCUT2D eigenvalue weighted by Gasteiger charge is 2.35. The number of aryl methyl sites for hydroxylation is 1. The highest BCUT2D eigenvalue weighted by atomic mass is 35.5. The molecule has 17 heavy (non-hydrogen) atoms. The Hall–Kier alpha value is -0.530. The Morgan fingerprint density at radius 3 is 2.71 bits per heavy atom. The third-order valence-corrected chi connectivity index (χ3v) is 4.39. The fraction of sp³-hybridized carbons (Fsp3) is 0.600. The second-order valence-corrected chi connectivity index (χ2v) is 5.34. The lowest BCUT2D eigenvalue weighted by molar-refractivity contribution is 0.149. The fourth-order valence-electron chi connectivity index (χ4n) is 3.55. The van der Waals surface area contributed by atoms with E-state index >= 15 is 0 Å². The summed E-state index contributed by atoms with van der Waals surface area (Å²) in [6, 6.07) is 10.5.